The summed E-state index contributed by atoms with van der Waals surface area (Å²) in [6.07, 6.45) is 1.49. The highest BCUT2D eigenvalue weighted by Crippen LogP contribution is 2.30. The summed E-state index contributed by atoms with van der Waals surface area (Å²) in [4.78, 5) is 23.6. The van der Waals surface area contributed by atoms with E-state index in [2.05, 4.69) is 5.32 Å². The lowest BCUT2D eigenvalue weighted by Gasteiger charge is -2.14. The molecule has 0 aliphatic rings. The molecule has 3 aromatic carbocycles. The van der Waals surface area contributed by atoms with Crippen molar-refractivity contribution in [2.75, 3.05) is 7.11 Å². The number of ether oxygens (including phenoxy) is 2. The predicted molar refractivity (Wildman–Crippen MR) is 127 cm³/mol. The van der Waals surface area contributed by atoms with Crippen molar-refractivity contribution in [3.63, 3.8) is 0 Å². The summed E-state index contributed by atoms with van der Waals surface area (Å²) in [5.74, 6) is -0.547. The van der Waals surface area contributed by atoms with Gasteiger partial charge in [0, 0.05) is 0 Å². The summed E-state index contributed by atoms with van der Waals surface area (Å²) in [6.45, 7) is 2.07. The molecule has 0 saturated heterocycles. The Bertz CT molecular complexity index is 1230. The van der Waals surface area contributed by atoms with Crippen LogP contribution in [0.2, 0.25) is 0 Å². The third-order valence-corrected chi connectivity index (χ3v) is 5.11. The smallest absolute Gasteiger partial charge is 0.335 e. The van der Waals surface area contributed by atoms with E-state index in [1.54, 1.807) is 30.3 Å². The number of carbonyl (C=O) groups is 2. The molecule has 0 aliphatic carbocycles. The van der Waals surface area contributed by atoms with Crippen molar-refractivity contribution in [2.45, 2.75) is 19.6 Å². The van der Waals surface area contributed by atoms with Gasteiger partial charge in [-0.05, 0) is 54.0 Å². The first-order valence-corrected chi connectivity index (χ1v) is 10.5. The van der Waals surface area contributed by atoms with Crippen LogP contribution in [0.3, 0.4) is 0 Å². The molecule has 7 nitrogen and oxygen atoms in total. The van der Waals surface area contributed by atoms with E-state index in [-0.39, 0.29) is 23.8 Å². The summed E-state index contributed by atoms with van der Waals surface area (Å²) >= 11 is 0. The van der Waals surface area contributed by atoms with Gasteiger partial charge in [0.05, 0.1) is 18.7 Å². The fourth-order valence-corrected chi connectivity index (χ4v) is 3.21. The Morgan fingerprint density at radius 2 is 1.76 bits per heavy atom. The van der Waals surface area contributed by atoms with E-state index < -0.39 is 11.9 Å². The van der Waals surface area contributed by atoms with Crippen LogP contribution in [-0.2, 0) is 11.4 Å². The van der Waals surface area contributed by atoms with Crippen LogP contribution in [0.1, 0.15) is 40.0 Å². The summed E-state index contributed by atoms with van der Waals surface area (Å²) in [7, 11) is 1.50. The molecule has 0 aliphatic heterocycles. The lowest BCUT2D eigenvalue weighted by Crippen LogP contribution is -2.27. The summed E-state index contributed by atoms with van der Waals surface area (Å²) in [5.41, 5.74) is 2.51. The van der Waals surface area contributed by atoms with E-state index in [9.17, 15) is 14.9 Å². The van der Waals surface area contributed by atoms with Crippen molar-refractivity contribution in [2.24, 2.45) is 0 Å². The molecular weight excluding hydrogens is 432 g/mol. The molecule has 0 aromatic heterocycles. The number of amides is 1. The van der Waals surface area contributed by atoms with Crippen LogP contribution >= 0.6 is 0 Å². The fourth-order valence-electron chi connectivity index (χ4n) is 3.21. The maximum atomic E-state index is 12.6. The van der Waals surface area contributed by atoms with Crippen molar-refractivity contribution < 1.29 is 24.2 Å². The Hall–Kier alpha value is -4.57. The fraction of sp³-hybridized carbons (Fsp3) is 0.148. The minimum absolute atomic E-state index is 0.0305. The van der Waals surface area contributed by atoms with E-state index >= 15 is 0 Å². The standard InChI is InChI=1S/C27H24N2O5/c1-18(21-6-4-3-5-7-21)29-26(30)23(16-28)14-20-10-13-24(25(15-20)33-2)34-17-19-8-11-22(12-9-19)27(31)32/h3-15,18H,17H2,1-2H3,(H,29,30)(H,31,32)/b23-14-/t18-/m1/s1. The number of benzene rings is 3. The SMILES string of the molecule is COc1cc(/C=C(/C#N)C(=O)N[C@H](C)c2ccccc2)ccc1OCc1ccc(C(=O)O)cc1. The molecule has 3 aromatic rings. The summed E-state index contributed by atoms with van der Waals surface area (Å²) < 4.78 is 11.2. The van der Waals surface area contributed by atoms with Gasteiger partial charge in [0.25, 0.3) is 5.91 Å². The third-order valence-electron chi connectivity index (χ3n) is 5.11. The molecule has 0 radical (unpaired) electrons. The molecule has 0 unspecified atom stereocenters. The van der Waals surface area contributed by atoms with E-state index in [1.807, 2.05) is 43.3 Å². The molecular formula is C27H24N2O5. The molecule has 0 saturated carbocycles. The van der Waals surface area contributed by atoms with Gasteiger partial charge in [-0.3, -0.25) is 4.79 Å². The number of rotatable bonds is 9. The maximum Gasteiger partial charge on any atom is 0.335 e. The van der Waals surface area contributed by atoms with Crippen molar-refractivity contribution in [3.8, 4) is 17.6 Å². The van der Waals surface area contributed by atoms with Gasteiger partial charge in [-0.1, -0.05) is 48.5 Å². The molecule has 1 atom stereocenters. The van der Waals surface area contributed by atoms with E-state index in [0.717, 1.165) is 11.1 Å². The minimum atomic E-state index is -0.988. The van der Waals surface area contributed by atoms with Gasteiger partial charge in [0.1, 0.15) is 18.2 Å². The van der Waals surface area contributed by atoms with Crippen molar-refractivity contribution in [1.29, 1.82) is 5.26 Å². The van der Waals surface area contributed by atoms with Crippen LogP contribution in [-0.4, -0.2) is 24.1 Å². The summed E-state index contributed by atoms with van der Waals surface area (Å²) in [6, 6.07) is 22.7. The molecule has 34 heavy (non-hydrogen) atoms. The van der Waals surface area contributed by atoms with Gasteiger partial charge in [-0.25, -0.2) is 4.79 Å². The van der Waals surface area contributed by atoms with Crippen LogP contribution in [0.5, 0.6) is 11.5 Å². The Morgan fingerprint density at radius 3 is 2.38 bits per heavy atom. The van der Waals surface area contributed by atoms with Crippen molar-refractivity contribution in [3.05, 3.63) is 101 Å². The van der Waals surface area contributed by atoms with Crippen LogP contribution < -0.4 is 14.8 Å². The molecule has 0 spiro atoms. The van der Waals surface area contributed by atoms with Crippen molar-refractivity contribution in [1.82, 2.24) is 5.32 Å². The van der Waals surface area contributed by atoms with Gasteiger partial charge >= 0.3 is 5.97 Å². The molecule has 2 N–H and O–H groups in total. The average molecular weight is 456 g/mol. The minimum Gasteiger partial charge on any atom is -0.493 e. The molecule has 0 bridgehead atoms. The number of aromatic carboxylic acids is 1. The number of hydrogen-bond acceptors (Lipinski definition) is 5. The second-order valence-electron chi connectivity index (χ2n) is 7.48. The Balaban J connectivity index is 1.70. The zero-order valence-corrected chi connectivity index (χ0v) is 18.8. The molecule has 3 rings (SSSR count). The molecule has 0 fully saturated rings. The van der Waals surface area contributed by atoms with Crippen LogP contribution in [0.25, 0.3) is 6.08 Å². The second-order valence-corrected chi connectivity index (χ2v) is 7.48. The monoisotopic (exact) mass is 456 g/mol. The third kappa shape index (κ3) is 6.24. The number of carbonyl (C=O) groups excluding carboxylic acids is 1. The lowest BCUT2D eigenvalue weighted by molar-refractivity contribution is -0.117. The molecule has 7 heteroatoms. The summed E-state index contributed by atoms with van der Waals surface area (Å²) in [5, 5.41) is 21.3. The number of nitrogens with zero attached hydrogens (tertiary/aromatic N) is 1. The number of nitriles is 1. The number of carboxylic acid groups (broad SMARTS) is 1. The topological polar surface area (TPSA) is 109 Å². The van der Waals surface area contributed by atoms with Gasteiger partial charge in [-0.2, -0.15) is 5.26 Å². The van der Waals surface area contributed by atoms with Gasteiger partial charge in [0.2, 0.25) is 0 Å². The highest BCUT2D eigenvalue weighted by Gasteiger charge is 2.14. The van der Waals surface area contributed by atoms with Crippen LogP contribution in [0, 0.1) is 11.3 Å². The number of hydrogen-bond donors (Lipinski definition) is 2. The first-order valence-electron chi connectivity index (χ1n) is 10.5. The molecule has 0 heterocycles. The van der Waals surface area contributed by atoms with Crippen molar-refractivity contribution >= 4 is 18.0 Å². The zero-order valence-electron chi connectivity index (χ0n) is 18.8. The zero-order chi connectivity index (χ0) is 24.5. The largest absolute Gasteiger partial charge is 0.493 e. The number of carboxylic acids is 1. The first kappa shape index (κ1) is 24.1. The predicted octanol–water partition coefficient (Wildman–Crippen LogP) is 4.76. The molecule has 172 valence electrons. The molecule has 1 amide bonds. The van der Waals surface area contributed by atoms with E-state index in [1.165, 1.54) is 25.3 Å². The highest BCUT2D eigenvalue weighted by molar-refractivity contribution is 6.01. The van der Waals surface area contributed by atoms with Crippen LogP contribution in [0.4, 0.5) is 0 Å². The second kappa shape index (κ2) is 11.3. The lowest BCUT2D eigenvalue weighted by atomic mass is 10.1. The quantitative estimate of drug-likeness (QED) is 0.355. The Labute approximate surface area is 197 Å². The Kier molecular flexibility index (Phi) is 8.03. The maximum absolute atomic E-state index is 12.6. The van der Waals surface area contributed by atoms with Crippen LogP contribution in [0.15, 0.2) is 78.4 Å². The highest BCUT2D eigenvalue weighted by atomic mass is 16.5. The van der Waals surface area contributed by atoms with E-state index in [0.29, 0.717) is 17.1 Å². The number of nitrogens with one attached hydrogen (secondary N) is 1. The normalized spacial score (nSPS) is 11.7. The van der Waals surface area contributed by atoms with Gasteiger partial charge in [0.15, 0.2) is 11.5 Å². The van der Waals surface area contributed by atoms with E-state index in [4.69, 9.17) is 14.6 Å². The van der Waals surface area contributed by atoms with Gasteiger partial charge in [-0.15, -0.1) is 0 Å². The average Bonchev–Trinajstić information content (AvgIpc) is 2.86. The number of methoxy groups -OCH3 is 1. The van der Waals surface area contributed by atoms with Gasteiger partial charge < -0.3 is 19.9 Å². The Morgan fingerprint density at radius 1 is 1.06 bits per heavy atom. The first-order chi connectivity index (χ1) is 16.4.